The summed E-state index contributed by atoms with van der Waals surface area (Å²) in [6.07, 6.45) is 13.7. The smallest absolute Gasteiger partial charge is 0.410 e. The fourth-order valence-electron chi connectivity index (χ4n) is 5.06. The molecule has 0 bridgehead atoms. The average molecular weight is 611 g/mol. The van der Waals surface area contributed by atoms with Gasteiger partial charge in [-0.3, -0.25) is 4.18 Å². The van der Waals surface area contributed by atoms with E-state index in [2.05, 4.69) is 31.0 Å². The molecule has 0 aromatic heterocycles. The normalized spacial score (nSPS) is 15.5. The minimum atomic E-state index is -3.44. The zero-order valence-corrected chi connectivity index (χ0v) is 27.2. The summed E-state index contributed by atoms with van der Waals surface area (Å²) in [6.45, 7) is 16.5. The number of halogens is 1. The van der Waals surface area contributed by atoms with Gasteiger partial charge >= 0.3 is 6.09 Å². The summed E-state index contributed by atoms with van der Waals surface area (Å²) in [6, 6.07) is 6.09. The number of nitrogens with zero attached hydrogens (tertiary/aromatic N) is 1. The Morgan fingerprint density at radius 3 is 2.39 bits per heavy atom. The van der Waals surface area contributed by atoms with Gasteiger partial charge in [-0.05, 0) is 113 Å². The van der Waals surface area contributed by atoms with Gasteiger partial charge < -0.3 is 15.4 Å². The Balaban J connectivity index is 0.00000268. The van der Waals surface area contributed by atoms with Crippen molar-refractivity contribution in [2.75, 3.05) is 26.0 Å². The molecule has 0 saturated carbocycles. The van der Waals surface area contributed by atoms with Gasteiger partial charge in [0.2, 0.25) is 0 Å². The molecule has 1 unspecified atom stereocenters. The molecule has 41 heavy (non-hydrogen) atoms. The van der Waals surface area contributed by atoms with Gasteiger partial charge in [0.15, 0.2) is 0 Å². The highest BCUT2D eigenvalue weighted by atomic mass is 35.5. The van der Waals surface area contributed by atoms with Crippen LogP contribution in [0.4, 0.5) is 4.79 Å². The third-order valence-electron chi connectivity index (χ3n) is 6.92. The van der Waals surface area contributed by atoms with Crippen LogP contribution in [0.25, 0.3) is 5.57 Å². The van der Waals surface area contributed by atoms with Crippen LogP contribution in [0.3, 0.4) is 0 Å². The minimum absolute atomic E-state index is 0.162. The number of rotatable bonds is 13. The number of amides is 1. The highest BCUT2D eigenvalue weighted by molar-refractivity contribution is 7.85. The second-order valence-corrected chi connectivity index (χ2v) is 13.6. The number of carbonyl (C=O) groups excluding carboxylic acids is 1. The average Bonchev–Trinajstić information content (AvgIpc) is 2.87. The van der Waals surface area contributed by atoms with Crippen LogP contribution in [0.1, 0.15) is 96.1 Å². The molecule has 0 radical (unpaired) electrons. The van der Waals surface area contributed by atoms with E-state index in [9.17, 15) is 13.2 Å². The molecule has 0 aliphatic carbocycles. The van der Waals surface area contributed by atoms with Gasteiger partial charge in [0.25, 0.3) is 10.1 Å². The molecule has 2 rings (SSSR count). The molecule has 1 aromatic carbocycles. The standard InChI is InChI=1S/C30H46ClNO5S.C2H5N/c1-7-11-25(13-9-12-23-17-19-32(20-18-23)29(33)37-30(3,4)5)27-16-15-26(31)22-28(27)24(8-2)14-10-21-36-38(6,34)35;1-2-3/h7-8,15-16,22-23,25H,1,9-14,17-21H2,2-6H3;2H,1,3H2/b24-8-;. The minimum Gasteiger partial charge on any atom is -0.444 e. The molecule has 7 nitrogen and oxygen atoms in total. The summed E-state index contributed by atoms with van der Waals surface area (Å²) in [5, 5.41) is 0.685. The topological polar surface area (TPSA) is 98.9 Å². The molecule has 1 amide bonds. The van der Waals surface area contributed by atoms with Gasteiger partial charge in [-0.2, -0.15) is 8.42 Å². The Kier molecular flexibility index (Phi) is 16.4. The number of likely N-dealkylation sites (tertiary alicyclic amines) is 1. The monoisotopic (exact) mass is 610 g/mol. The van der Waals surface area contributed by atoms with Gasteiger partial charge in [0, 0.05) is 18.1 Å². The number of piperidine rings is 1. The summed E-state index contributed by atoms with van der Waals surface area (Å²) in [7, 11) is -3.44. The van der Waals surface area contributed by atoms with Gasteiger partial charge in [0.05, 0.1) is 12.9 Å². The Morgan fingerprint density at radius 2 is 1.85 bits per heavy atom. The van der Waals surface area contributed by atoms with Crippen LogP contribution in [0, 0.1) is 5.92 Å². The predicted molar refractivity (Wildman–Crippen MR) is 171 cm³/mol. The van der Waals surface area contributed by atoms with E-state index in [0.717, 1.165) is 69.0 Å². The zero-order valence-electron chi connectivity index (χ0n) is 25.7. The molecule has 2 N–H and O–H groups in total. The Bertz CT molecular complexity index is 1100. The van der Waals surface area contributed by atoms with Crippen molar-refractivity contribution in [1.82, 2.24) is 4.90 Å². The van der Waals surface area contributed by atoms with Crippen molar-refractivity contribution >= 4 is 33.4 Å². The highest BCUT2D eigenvalue weighted by Crippen LogP contribution is 2.36. The van der Waals surface area contributed by atoms with Crippen LogP contribution in [0.5, 0.6) is 0 Å². The maximum absolute atomic E-state index is 12.4. The summed E-state index contributed by atoms with van der Waals surface area (Å²) in [5.41, 5.74) is 7.66. The van der Waals surface area contributed by atoms with E-state index < -0.39 is 15.7 Å². The van der Waals surface area contributed by atoms with E-state index in [1.54, 1.807) is 0 Å². The Labute approximate surface area is 253 Å². The van der Waals surface area contributed by atoms with Gasteiger partial charge in [-0.1, -0.05) is 49.2 Å². The van der Waals surface area contributed by atoms with Crippen molar-refractivity contribution in [3.05, 3.63) is 65.9 Å². The third-order valence-corrected chi connectivity index (χ3v) is 7.75. The van der Waals surface area contributed by atoms with Crippen molar-refractivity contribution in [3.63, 3.8) is 0 Å². The lowest BCUT2D eigenvalue weighted by atomic mass is 9.82. The van der Waals surface area contributed by atoms with Gasteiger partial charge in [-0.25, -0.2) is 4.79 Å². The molecule has 0 spiro atoms. The lowest BCUT2D eigenvalue weighted by Gasteiger charge is -2.33. The molecular formula is C32H51ClN2O5S. The van der Waals surface area contributed by atoms with E-state index in [4.69, 9.17) is 20.5 Å². The van der Waals surface area contributed by atoms with E-state index >= 15 is 0 Å². The van der Waals surface area contributed by atoms with Gasteiger partial charge in [-0.15, -0.1) is 6.58 Å². The molecule has 1 heterocycles. The molecule has 232 valence electrons. The Hall–Kier alpha value is -2.29. The van der Waals surface area contributed by atoms with Crippen LogP contribution < -0.4 is 5.73 Å². The van der Waals surface area contributed by atoms with E-state index in [0.29, 0.717) is 29.7 Å². The fourth-order valence-corrected chi connectivity index (χ4v) is 5.65. The second-order valence-electron chi connectivity index (χ2n) is 11.5. The number of allylic oxidation sites excluding steroid dienone is 3. The SMILES string of the molecule is C=CCC(CCCC1CCN(C(=O)OC(C)(C)C)CC1)c1ccc(Cl)cc1/C(=C\C)CCCOS(C)(=O)=O.C=CN. The van der Waals surface area contributed by atoms with E-state index in [-0.39, 0.29) is 12.7 Å². The first-order valence-electron chi connectivity index (χ1n) is 14.4. The lowest BCUT2D eigenvalue weighted by Crippen LogP contribution is -2.41. The number of nitrogens with two attached hydrogens (primary N) is 1. The largest absolute Gasteiger partial charge is 0.444 e. The molecule has 1 fully saturated rings. The number of hydrogen-bond acceptors (Lipinski definition) is 6. The quantitative estimate of drug-likeness (QED) is 0.138. The van der Waals surface area contributed by atoms with Crippen LogP contribution in [-0.2, 0) is 19.0 Å². The third kappa shape index (κ3) is 15.0. The number of hydrogen-bond donors (Lipinski definition) is 1. The Morgan fingerprint density at radius 1 is 1.22 bits per heavy atom. The summed E-state index contributed by atoms with van der Waals surface area (Å²) in [5.74, 6) is 0.938. The summed E-state index contributed by atoms with van der Waals surface area (Å²) in [4.78, 5) is 14.2. The molecule has 1 saturated heterocycles. The first-order valence-corrected chi connectivity index (χ1v) is 16.6. The number of benzene rings is 1. The van der Waals surface area contributed by atoms with E-state index in [1.807, 2.05) is 50.8 Å². The van der Waals surface area contributed by atoms with Crippen molar-refractivity contribution in [2.24, 2.45) is 11.7 Å². The predicted octanol–water partition coefficient (Wildman–Crippen LogP) is 8.07. The second kappa shape index (κ2) is 18.3. The fraction of sp³-hybridized carbons (Fsp3) is 0.594. The highest BCUT2D eigenvalue weighted by Gasteiger charge is 2.27. The van der Waals surface area contributed by atoms with E-state index in [1.165, 1.54) is 11.8 Å². The molecule has 1 aliphatic rings. The molecule has 1 aromatic rings. The molecule has 1 aliphatic heterocycles. The van der Waals surface area contributed by atoms with Gasteiger partial charge in [0.1, 0.15) is 5.60 Å². The summed E-state index contributed by atoms with van der Waals surface area (Å²) >= 11 is 6.41. The van der Waals surface area contributed by atoms with Crippen molar-refractivity contribution in [2.45, 2.75) is 90.6 Å². The van der Waals surface area contributed by atoms with Crippen molar-refractivity contribution in [3.8, 4) is 0 Å². The first-order chi connectivity index (χ1) is 19.2. The van der Waals surface area contributed by atoms with Crippen molar-refractivity contribution < 1.29 is 22.1 Å². The van der Waals surface area contributed by atoms with Crippen LogP contribution in [0.15, 0.2) is 49.7 Å². The zero-order chi connectivity index (χ0) is 31.1. The number of carbonyl (C=O) groups is 1. The maximum atomic E-state index is 12.4. The summed E-state index contributed by atoms with van der Waals surface area (Å²) < 4.78 is 33.1. The number of ether oxygens (including phenoxy) is 1. The van der Waals surface area contributed by atoms with Crippen LogP contribution >= 0.6 is 11.6 Å². The molecule has 1 atom stereocenters. The van der Waals surface area contributed by atoms with Crippen LogP contribution in [-0.4, -0.2) is 51.0 Å². The molecular weight excluding hydrogens is 560 g/mol. The van der Waals surface area contributed by atoms with Crippen molar-refractivity contribution in [1.29, 1.82) is 0 Å². The van der Waals surface area contributed by atoms with Crippen LogP contribution in [0.2, 0.25) is 5.02 Å². The lowest BCUT2D eigenvalue weighted by molar-refractivity contribution is 0.0180. The molecule has 9 heteroatoms. The first kappa shape index (κ1) is 36.7. The maximum Gasteiger partial charge on any atom is 0.410 e.